The maximum Gasteiger partial charge on any atom is 0.109 e. The quantitative estimate of drug-likeness (QED) is 0.552. The largest absolute Gasteiger partial charge is 0.364 e. The van der Waals surface area contributed by atoms with E-state index in [0.29, 0.717) is 13.2 Å². The van der Waals surface area contributed by atoms with Crippen LogP contribution in [0.1, 0.15) is 41.5 Å². The maximum absolute atomic E-state index is 5.66. The predicted octanol–water partition coefficient (Wildman–Crippen LogP) is 2.03. The number of hydrogen-bond acceptors (Lipinski definition) is 5. The van der Waals surface area contributed by atoms with Gasteiger partial charge in [0.15, 0.2) is 0 Å². The molecule has 0 aromatic carbocycles. The molecule has 0 spiro atoms. The fraction of sp³-hybridized carbons (Fsp3) is 1.00. The summed E-state index contributed by atoms with van der Waals surface area (Å²) in [6.07, 6.45) is 0.183. The molecular formula is C14H32N2O3. The molecule has 19 heavy (non-hydrogen) atoms. The second-order valence-corrected chi connectivity index (χ2v) is 4.40. The van der Waals surface area contributed by atoms with Gasteiger partial charge in [-0.25, -0.2) is 0 Å². The first-order valence-electron chi connectivity index (χ1n) is 7.40. The van der Waals surface area contributed by atoms with Gasteiger partial charge in [-0.2, -0.15) is 0 Å². The highest BCUT2D eigenvalue weighted by Crippen LogP contribution is 2.08. The Kier molecular flexibility index (Phi) is 11.5. The van der Waals surface area contributed by atoms with Crippen LogP contribution in [0.4, 0.5) is 0 Å². The molecule has 0 saturated carbocycles. The maximum atomic E-state index is 5.66. The van der Waals surface area contributed by atoms with Crippen LogP contribution in [0.25, 0.3) is 0 Å². The summed E-state index contributed by atoms with van der Waals surface area (Å²) in [5.74, 6) is 0. The van der Waals surface area contributed by atoms with E-state index in [0.717, 1.165) is 19.7 Å². The number of nitrogens with zero attached hydrogens (tertiary/aromatic N) is 1. The number of nitrogens with one attached hydrogen (secondary N) is 1. The van der Waals surface area contributed by atoms with Gasteiger partial charge >= 0.3 is 0 Å². The molecule has 0 saturated heterocycles. The first-order chi connectivity index (χ1) is 9.06. The monoisotopic (exact) mass is 276 g/mol. The van der Waals surface area contributed by atoms with Gasteiger partial charge in [-0.15, -0.1) is 0 Å². The molecule has 0 rings (SSSR count). The van der Waals surface area contributed by atoms with Crippen molar-refractivity contribution in [2.45, 2.75) is 60.2 Å². The molecule has 0 aliphatic heterocycles. The number of ether oxygens (including phenoxy) is 3. The van der Waals surface area contributed by atoms with Gasteiger partial charge < -0.3 is 14.2 Å². The molecule has 0 aromatic heterocycles. The molecule has 0 amide bonds. The molecule has 5 nitrogen and oxygen atoms in total. The predicted molar refractivity (Wildman–Crippen MR) is 78.0 cm³/mol. The van der Waals surface area contributed by atoms with Crippen LogP contribution in [0, 0.1) is 0 Å². The minimum Gasteiger partial charge on any atom is -0.364 e. The zero-order valence-electron chi connectivity index (χ0n) is 13.4. The normalized spacial score (nSPS) is 16.6. The van der Waals surface area contributed by atoms with Crippen LogP contribution in [-0.4, -0.2) is 56.5 Å². The van der Waals surface area contributed by atoms with Crippen LogP contribution in [0.5, 0.6) is 0 Å². The molecule has 1 N–H and O–H groups in total. The lowest BCUT2D eigenvalue weighted by Crippen LogP contribution is -2.47. The average molecular weight is 276 g/mol. The molecule has 3 atom stereocenters. The Morgan fingerprint density at radius 3 is 1.74 bits per heavy atom. The van der Waals surface area contributed by atoms with Crippen LogP contribution < -0.4 is 5.32 Å². The van der Waals surface area contributed by atoms with Crippen molar-refractivity contribution >= 4 is 0 Å². The third kappa shape index (κ3) is 8.55. The fourth-order valence-corrected chi connectivity index (χ4v) is 2.04. The average Bonchev–Trinajstić information content (AvgIpc) is 2.35. The Hall–Kier alpha value is -0.200. The van der Waals surface area contributed by atoms with E-state index in [1.54, 1.807) is 0 Å². The summed E-state index contributed by atoms with van der Waals surface area (Å²) in [7, 11) is 0. The van der Waals surface area contributed by atoms with E-state index in [9.17, 15) is 0 Å². The molecule has 0 aromatic rings. The van der Waals surface area contributed by atoms with Crippen molar-refractivity contribution in [1.82, 2.24) is 10.2 Å². The lowest BCUT2D eigenvalue weighted by Gasteiger charge is -2.34. The van der Waals surface area contributed by atoms with Crippen LogP contribution in [-0.2, 0) is 14.2 Å². The minimum atomic E-state index is 0.0516. The van der Waals surface area contributed by atoms with E-state index in [2.05, 4.69) is 24.1 Å². The van der Waals surface area contributed by atoms with Gasteiger partial charge in [0.05, 0.1) is 0 Å². The zero-order valence-corrected chi connectivity index (χ0v) is 13.4. The SMILES string of the molecule is CCOC(C)NCCN(C(C)OCC)C(C)OCC. The van der Waals surface area contributed by atoms with Crippen molar-refractivity contribution < 1.29 is 14.2 Å². The van der Waals surface area contributed by atoms with Crippen molar-refractivity contribution in [3.05, 3.63) is 0 Å². The zero-order chi connectivity index (χ0) is 14.7. The van der Waals surface area contributed by atoms with Crippen molar-refractivity contribution in [3.8, 4) is 0 Å². The molecule has 0 fully saturated rings. The lowest BCUT2D eigenvalue weighted by molar-refractivity contribution is -0.136. The Labute approximate surface area is 118 Å². The third-order valence-electron chi connectivity index (χ3n) is 2.97. The number of hydrogen-bond donors (Lipinski definition) is 1. The Balaban J connectivity index is 4.18. The van der Waals surface area contributed by atoms with E-state index in [1.807, 2.05) is 27.7 Å². The van der Waals surface area contributed by atoms with Crippen LogP contribution >= 0.6 is 0 Å². The summed E-state index contributed by atoms with van der Waals surface area (Å²) in [6, 6.07) is 0. The van der Waals surface area contributed by atoms with E-state index in [-0.39, 0.29) is 18.7 Å². The summed E-state index contributed by atoms with van der Waals surface area (Å²) in [4.78, 5) is 2.21. The molecule has 0 heterocycles. The molecule has 0 bridgehead atoms. The topological polar surface area (TPSA) is 43.0 Å². The van der Waals surface area contributed by atoms with Crippen molar-refractivity contribution in [2.75, 3.05) is 32.9 Å². The summed E-state index contributed by atoms with van der Waals surface area (Å²) in [5, 5.41) is 3.33. The van der Waals surface area contributed by atoms with Gasteiger partial charge in [-0.1, -0.05) is 0 Å². The van der Waals surface area contributed by atoms with Gasteiger partial charge in [0.1, 0.15) is 18.7 Å². The highest BCUT2D eigenvalue weighted by atomic mass is 16.5. The van der Waals surface area contributed by atoms with Gasteiger partial charge in [-0.05, 0) is 41.5 Å². The van der Waals surface area contributed by atoms with Crippen LogP contribution in [0.2, 0.25) is 0 Å². The highest BCUT2D eigenvalue weighted by molar-refractivity contribution is 4.64. The summed E-state index contributed by atoms with van der Waals surface area (Å²) < 4.78 is 16.8. The van der Waals surface area contributed by atoms with Gasteiger partial charge in [0, 0.05) is 32.9 Å². The highest BCUT2D eigenvalue weighted by Gasteiger charge is 2.20. The lowest BCUT2D eigenvalue weighted by atomic mass is 10.4. The Morgan fingerprint density at radius 2 is 1.32 bits per heavy atom. The molecule has 0 aliphatic carbocycles. The van der Waals surface area contributed by atoms with Gasteiger partial charge in [-0.3, -0.25) is 10.2 Å². The Bertz CT molecular complexity index is 193. The van der Waals surface area contributed by atoms with Crippen molar-refractivity contribution in [1.29, 1.82) is 0 Å². The van der Waals surface area contributed by atoms with Crippen molar-refractivity contribution in [2.24, 2.45) is 0 Å². The summed E-state index contributed by atoms with van der Waals surface area (Å²) in [5.41, 5.74) is 0. The van der Waals surface area contributed by atoms with Crippen molar-refractivity contribution in [3.63, 3.8) is 0 Å². The summed E-state index contributed by atoms with van der Waals surface area (Å²) >= 11 is 0. The fourth-order valence-electron chi connectivity index (χ4n) is 2.04. The van der Waals surface area contributed by atoms with Gasteiger partial charge in [0.2, 0.25) is 0 Å². The first kappa shape index (κ1) is 18.8. The van der Waals surface area contributed by atoms with Crippen LogP contribution in [0.15, 0.2) is 0 Å². The van der Waals surface area contributed by atoms with E-state index in [1.165, 1.54) is 0 Å². The molecule has 3 unspecified atom stereocenters. The summed E-state index contributed by atoms with van der Waals surface area (Å²) in [6.45, 7) is 16.0. The molecule has 116 valence electrons. The Morgan fingerprint density at radius 1 is 0.842 bits per heavy atom. The van der Waals surface area contributed by atoms with E-state index >= 15 is 0 Å². The second kappa shape index (κ2) is 11.6. The van der Waals surface area contributed by atoms with E-state index < -0.39 is 0 Å². The van der Waals surface area contributed by atoms with E-state index in [4.69, 9.17) is 14.2 Å². The van der Waals surface area contributed by atoms with Gasteiger partial charge in [0.25, 0.3) is 0 Å². The smallest absolute Gasteiger partial charge is 0.109 e. The molecule has 0 aliphatic rings. The standard InChI is InChI=1S/C14H32N2O3/c1-7-17-12(4)15-10-11-16(13(5)18-8-2)14(6)19-9-3/h12-15H,7-11H2,1-6H3. The third-order valence-corrected chi connectivity index (χ3v) is 2.97. The second-order valence-electron chi connectivity index (χ2n) is 4.40. The number of rotatable bonds is 12. The molecular weight excluding hydrogens is 244 g/mol. The van der Waals surface area contributed by atoms with Crippen LogP contribution in [0.3, 0.4) is 0 Å². The first-order valence-corrected chi connectivity index (χ1v) is 7.40. The molecule has 5 heteroatoms. The minimum absolute atomic E-state index is 0.0516. The molecule has 0 radical (unpaired) electrons.